The Morgan fingerprint density at radius 1 is 1.30 bits per heavy atom. The highest BCUT2D eigenvalue weighted by Gasteiger charge is 2.24. The molecule has 120 valence electrons. The van der Waals surface area contributed by atoms with Gasteiger partial charge in [0.1, 0.15) is 0 Å². The summed E-state index contributed by atoms with van der Waals surface area (Å²) < 4.78 is 1.80. The van der Waals surface area contributed by atoms with Gasteiger partial charge in [0, 0.05) is 18.6 Å². The van der Waals surface area contributed by atoms with Crippen LogP contribution in [0.15, 0.2) is 42.5 Å². The van der Waals surface area contributed by atoms with Gasteiger partial charge in [0.15, 0.2) is 0 Å². The third kappa shape index (κ3) is 3.05. The molecule has 2 N–H and O–H groups in total. The zero-order valence-electron chi connectivity index (χ0n) is 13.4. The predicted octanol–water partition coefficient (Wildman–Crippen LogP) is 2.16. The van der Waals surface area contributed by atoms with E-state index in [1.54, 1.807) is 4.68 Å². The topological polar surface area (TPSA) is 67.2 Å². The van der Waals surface area contributed by atoms with Gasteiger partial charge >= 0.3 is 0 Å². The van der Waals surface area contributed by atoms with Crippen LogP contribution in [0.5, 0.6) is 0 Å². The third-order valence-corrected chi connectivity index (χ3v) is 4.24. The van der Waals surface area contributed by atoms with Crippen molar-refractivity contribution >= 4 is 5.91 Å². The molecule has 1 amide bonds. The lowest BCUT2D eigenvalue weighted by Crippen LogP contribution is -2.33. The highest BCUT2D eigenvalue weighted by atomic mass is 16.3. The number of para-hydroxylation sites is 1. The number of nitrogens with zero attached hydrogens (tertiary/aromatic N) is 2. The van der Waals surface area contributed by atoms with Gasteiger partial charge < -0.3 is 10.4 Å². The maximum atomic E-state index is 12.6. The molecule has 0 fully saturated rings. The second-order valence-corrected chi connectivity index (χ2v) is 5.94. The van der Waals surface area contributed by atoms with Crippen LogP contribution < -0.4 is 5.32 Å². The standard InChI is InChI=1S/C18H21N3O2/c1-12-17(18(23)19-15-9-8-14(10-15)11-22)13(2)21(20-12)16-6-4-3-5-7-16/h3-9,14-15,22H,10-11H2,1-2H3,(H,19,23)/t14-,15+/m0/s1. The molecule has 0 saturated carbocycles. The summed E-state index contributed by atoms with van der Waals surface area (Å²) in [6.45, 7) is 3.87. The Labute approximate surface area is 135 Å². The van der Waals surface area contributed by atoms with E-state index in [9.17, 15) is 9.90 Å². The highest BCUT2D eigenvalue weighted by molar-refractivity contribution is 5.96. The summed E-state index contributed by atoms with van der Waals surface area (Å²) in [5.74, 6) is 0.0185. The summed E-state index contributed by atoms with van der Waals surface area (Å²) in [6.07, 6.45) is 4.65. The molecular weight excluding hydrogens is 290 g/mol. The van der Waals surface area contributed by atoms with Crippen LogP contribution in [0.1, 0.15) is 28.2 Å². The van der Waals surface area contributed by atoms with E-state index < -0.39 is 0 Å². The van der Waals surface area contributed by atoms with E-state index in [-0.39, 0.29) is 24.5 Å². The van der Waals surface area contributed by atoms with E-state index in [4.69, 9.17) is 0 Å². The average molecular weight is 311 g/mol. The molecule has 0 radical (unpaired) electrons. The molecule has 1 aliphatic carbocycles. The number of carbonyl (C=O) groups is 1. The second kappa shape index (κ2) is 6.38. The minimum atomic E-state index is -0.115. The monoisotopic (exact) mass is 311 g/mol. The van der Waals surface area contributed by atoms with Crippen LogP contribution in [0.2, 0.25) is 0 Å². The van der Waals surface area contributed by atoms with Crippen LogP contribution in [-0.2, 0) is 0 Å². The van der Waals surface area contributed by atoms with Gasteiger partial charge in [-0.2, -0.15) is 5.10 Å². The van der Waals surface area contributed by atoms with Crippen molar-refractivity contribution in [2.75, 3.05) is 6.61 Å². The zero-order valence-corrected chi connectivity index (χ0v) is 13.4. The number of aliphatic hydroxyl groups is 1. The molecule has 1 aromatic carbocycles. The molecule has 0 unspecified atom stereocenters. The first-order valence-electron chi connectivity index (χ1n) is 7.82. The van der Waals surface area contributed by atoms with Gasteiger partial charge in [0.05, 0.1) is 22.6 Å². The molecule has 1 aliphatic rings. The summed E-state index contributed by atoms with van der Waals surface area (Å²) >= 11 is 0. The van der Waals surface area contributed by atoms with Crippen LogP contribution in [-0.4, -0.2) is 33.4 Å². The maximum Gasteiger partial charge on any atom is 0.255 e. The maximum absolute atomic E-state index is 12.6. The van der Waals surface area contributed by atoms with Gasteiger partial charge in [-0.15, -0.1) is 0 Å². The Balaban J connectivity index is 1.82. The number of rotatable bonds is 4. The Hall–Kier alpha value is -2.40. The fourth-order valence-corrected chi connectivity index (χ4v) is 3.05. The predicted molar refractivity (Wildman–Crippen MR) is 88.6 cm³/mol. The smallest absolute Gasteiger partial charge is 0.255 e. The first-order chi connectivity index (χ1) is 11.1. The lowest BCUT2D eigenvalue weighted by molar-refractivity contribution is 0.0940. The number of aliphatic hydroxyl groups excluding tert-OH is 1. The van der Waals surface area contributed by atoms with Crippen molar-refractivity contribution in [2.45, 2.75) is 26.3 Å². The molecule has 0 aliphatic heterocycles. The van der Waals surface area contributed by atoms with E-state index in [1.807, 2.05) is 56.3 Å². The molecule has 3 rings (SSSR count). The van der Waals surface area contributed by atoms with Gasteiger partial charge in [0.2, 0.25) is 0 Å². The number of benzene rings is 1. The molecule has 0 spiro atoms. The van der Waals surface area contributed by atoms with Crippen LogP contribution in [0.25, 0.3) is 5.69 Å². The zero-order chi connectivity index (χ0) is 16.4. The molecular formula is C18H21N3O2. The first-order valence-corrected chi connectivity index (χ1v) is 7.82. The van der Waals surface area contributed by atoms with Crippen molar-refractivity contribution in [1.82, 2.24) is 15.1 Å². The van der Waals surface area contributed by atoms with Crippen LogP contribution in [0.3, 0.4) is 0 Å². The normalized spacial score (nSPS) is 20.0. The van der Waals surface area contributed by atoms with Crippen molar-refractivity contribution in [3.8, 4) is 5.69 Å². The number of aromatic nitrogens is 2. The third-order valence-electron chi connectivity index (χ3n) is 4.24. The minimum absolute atomic E-state index is 0.0291. The Kier molecular flexibility index (Phi) is 4.30. The summed E-state index contributed by atoms with van der Waals surface area (Å²) in [6, 6.07) is 9.75. The van der Waals surface area contributed by atoms with Crippen molar-refractivity contribution in [3.05, 3.63) is 59.4 Å². The van der Waals surface area contributed by atoms with Gasteiger partial charge in [-0.3, -0.25) is 4.79 Å². The van der Waals surface area contributed by atoms with Crippen molar-refractivity contribution in [3.63, 3.8) is 0 Å². The Morgan fingerprint density at radius 3 is 2.70 bits per heavy atom. The number of nitrogens with one attached hydrogen (secondary N) is 1. The quantitative estimate of drug-likeness (QED) is 0.850. The van der Waals surface area contributed by atoms with Gasteiger partial charge in [0.25, 0.3) is 5.91 Å². The number of hydrogen-bond acceptors (Lipinski definition) is 3. The first kappa shape index (κ1) is 15.5. The van der Waals surface area contributed by atoms with Crippen LogP contribution in [0, 0.1) is 19.8 Å². The summed E-state index contributed by atoms with van der Waals surface area (Å²) in [5, 5.41) is 16.7. The van der Waals surface area contributed by atoms with Gasteiger partial charge in [-0.25, -0.2) is 4.68 Å². The van der Waals surface area contributed by atoms with E-state index >= 15 is 0 Å². The molecule has 1 heterocycles. The lowest BCUT2D eigenvalue weighted by Gasteiger charge is -2.13. The minimum Gasteiger partial charge on any atom is -0.396 e. The number of hydrogen-bond donors (Lipinski definition) is 2. The molecule has 5 nitrogen and oxygen atoms in total. The number of amides is 1. The highest BCUT2D eigenvalue weighted by Crippen LogP contribution is 2.20. The Morgan fingerprint density at radius 2 is 2.04 bits per heavy atom. The molecule has 1 aromatic heterocycles. The molecule has 2 aromatic rings. The lowest BCUT2D eigenvalue weighted by atomic mass is 10.1. The average Bonchev–Trinajstić information content (AvgIpc) is 3.12. The fourth-order valence-electron chi connectivity index (χ4n) is 3.05. The van der Waals surface area contributed by atoms with Crippen molar-refractivity contribution < 1.29 is 9.90 Å². The van der Waals surface area contributed by atoms with Crippen molar-refractivity contribution in [1.29, 1.82) is 0 Å². The molecule has 0 saturated heterocycles. The summed E-state index contributed by atoms with van der Waals surface area (Å²) in [5.41, 5.74) is 3.10. The van der Waals surface area contributed by atoms with Crippen molar-refractivity contribution in [2.24, 2.45) is 5.92 Å². The largest absolute Gasteiger partial charge is 0.396 e. The number of aryl methyl sites for hydroxylation is 1. The second-order valence-electron chi connectivity index (χ2n) is 5.94. The van der Waals surface area contributed by atoms with Crippen LogP contribution in [0.4, 0.5) is 0 Å². The Bertz CT molecular complexity index is 734. The summed E-state index contributed by atoms with van der Waals surface area (Å²) in [4.78, 5) is 12.6. The SMILES string of the molecule is Cc1nn(-c2ccccc2)c(C)c1C(=O)N[C@@H]1C=C[C@H](CO)C1. The van der Waals surface area contributed by atoms with Crippen LogP contribution >= 0.6 is 0 Å². The molecule has 2 atom stereocenters. The molecule has 5 heteroatoms. The van der Waals surface area contributed by atoms with E-state index in [2.05, 4.69) is 10.4 Å². The van der Waals surface area contributed by atoms with Gasteiger partial charge in [-0.05, 0) is 32.4 Å². The fraction of sp³-hybridized carbons (Fsp3) is 0.333. The number of carbonyl (C=O) groups excluding carboxylic acids is 1. The van der Waals surface area contributed by atoms with E-state index in [1.165, 1.54) is 0 Å². The van der Waals surface area contributed by atoms with Gasteiger partial charge in [-0.1, -0.05) is 30.4 Å². The van der Waals surface area contributed by atoms with E-state index in [0.29, 0.717) is 11.3 Å². The molecule has 23 heavy (non-hydrogen) atoms. The summed E-state index contributed by atoms with van der Waals surface area (Å²) in [7, 11) is 0. The van der Waals surface area contributed by atoms with E-state index in [0.717, 1.165) is 17.8 Å². The molecule has 0 bridgehead atoms.